The lowest BCUT2D eigenvalue weighted by Gasteiger charge is -2.31. The van der Waals surface area contributed by atoms with Crippen molar-refractivity contribution in [2.45, 2.75) is 45.7 Å². The van der Waals surface area contributed by atoms with E-state index in [4.69, 9.17) is 4.98 Å². The number of aromatic nitrogens is 3. The summed E-state index contributed by atoms with van der Waals surface area (Å²) in [4.78, 5) is 24.5. The Morgan fingerprint density at radius 1 is 1.29 bits per heavy atom. The molecule has 0 aliphatic carbocycles. The minimum atomic E-state index is 0.0275. The largest absolute Gasteiger partial charge is 0.315 e. The zero-order valence-corrected chi connectivity index (χ0v) is 14.7. The molecule has 130 valence electrons. The molecular formula is C18H27N5O. The van der Waals surface area contributed by atoms with E-state index in [1.54, 1.807) is 12.3 Å². The number of fused-ring (bicyclic) bond motifs is 1. The molecular weight excluding hydrogens is 302 g/mol. The second-order valence-electron chi connectivity index (χ2n) is 6.34. The Hall–Kier alpha value is -1.79. The van der Waals surface area contributed by atoms with E-state index in [-0.39, 0.29) is 11.6 Å². The average molecular weight is 329 g/mol. The minimum absolute atomic E-state index is 0.0275. The van der Waals surface area contributed by atoms with Crippen molar-refractivity contribution in [3.63, 3.8) is 0 Å². The van der Waals surface area contributed by atoms with E-state index < -0.39 is 0 Å². The van der Waals surface area contributed by atoms with Crippen molar-refractivity contribution in [3.05, 3.63) is 34.5 Å². The first-order valence-electron chi connectivity index (χ1n) is 9.06. The number of hydrogen-bond donors (Lipinski definition) is 1. The molecule has 24 heavy (non-hydrogen) atoms. The van der Waals surface area contributed by atoms with E-state index in [2.05, 4.69) is 22.1 Å². The molecule has 6 heteroatoms. The molecule has 1 saturated heterocycles. The summed E-state index contributed by atoms with van der Waals surface area (Å²) >= 11 is 0. The molecule has 1 unspecified atom stereocenters. The van der Waals surface area contributed by atoms with Gasteiger partial charge in [0.15, 0.2) is 5.65 Å². The summed E-state index contributed by atoms with van der Waals surface area (Å²) in [5.74, 6) is 0.873. The number of hydrogen-bond acceptors (Lipinski definition) is 5. The molecule has 3 heterocycles. The molecule has 0 radical (unpaired) electrons. The van der Waals surface area contributed by atoms with E-state index in [9.17, 15) is 4.79 Å². The van der Waals surface area contributed by atoms with Crippen LogP contribution >= 0.6 is 0 Å². The van der Waals surface area contributed by atoms with Gasteiger partial charge in [-0.3, -0.25) is 14.3 Å². The van der Waals surface area contributed by atoms with Gasteiger partial charge in [0, 0.05) is 32.4 Å². The van der Waals surface area contributed by atoms with Gasteiger partial charge in [-0.15, -0.1) is 0 Å². The predicted molar refractivity (Wildman–Crippen MR) is 96.2 cm³/mol. The van der Waals surface area contributed by atoms with E-state index in [1.165, 1.54) is 0 Å². The van der Waals surface area contributed by atoms with Gasteiger partial charge in [0.05, 0.1) is 11.4 Å². The first-order chi connectivity index (χ1) is 11.8. The highest BCUT2D eigenvalue weighted by molar-refractivity contribution is 5.73. The van der Waals surface area contributed by atoms with Crippen LogP contribution in [0.15, 0.2) is 23.1 Å². The average Bonchev–Trinajstić information content (AvgIpc) is 2.89. The predicted octanol–water partition coefficient (Wildman–Crippen LogP) is 1.95. The number of nitrogens with one attached hydrogen (secondary N) is 1. The van der Waals surface area contributed by atoms with Gasteiger partial charge < -0.3 is 5.32 Å². The van der Waals surface area contributed by atoms with Crippen LogP contribution in [0.5, 0.6) is 0 Å². The van der Waals surface area contributed by atoms with Crippen LogP contribution in [-0.4, -0.2) is 45.6 Å². The first-order valence-corrected chi connectivity index (χ1v) is 9.06. The maximum absolute atomic E-state index is 12.9. The van der Waals surface area contributed by atoms with E-state index in [1.807, 2.05) is 17.6 Å². The fourth-order valence-corrected chi connectivity index (χ4v) is 3.56. The maximum Gasteiger partial charge on any atom is 0.263 e. The van der Waals surface area contributed by atoms with Crippen LogP contribution in [0.1, 0.15) is 45.0 Å². The van der Waals surface area contributed by atoms with Crippen molar-refractivity contribution < 1.29 is 0 Å². The van der Waals surface area contributed by atoms with E-state index >= 15 is 0 Å². The smallest absolute Gasteiger partial charge is 0.263 e. The van der Waals surface area contributed by atoms with Gasteiger partial charge in [-0.1, -0.05) is 13.3 Å². The molecule has 6 nitrogen and oxygen atoms in total. The Labute approximate surface area is 142 Å². The fourth-order valence-electron chi connectivity index (χ4n) is 3.56. The molecule has 2 aromatic heterocycles. The summed E-state index contributed by atoms with van der Waals surface area (Å²) < 4.78 is 1.84. The Morgan fingerprint density at radius 3 is 2.96 bits per heavy atom. The van der Waals surface area contributed by atoms with Gasteiger partial charge in [-0.2, -0.15) is 0 Å². The van der Waals surface area contributed by atoms with Gasteiger partial charge >= 0.3 is 0 Å². The van der Waals surface area contributed by atoms with Crippen molar-refractivity contribution in [2.75, 3.05) is 26.2 Å². The van der Waals surface area contributed by atoms with Gasteiger partial charge in [-0.05, 0) is 38.4 Å². The lowest BCUT2D eigenvalue weighted by Crippen LogP contribution is -2.37. The topological polar surface area (TPSA) is 63.1 Å². The summed E-state index contributed by atoms with van der Waals surface area (Å²) in [6, 6.07) is 3.79. The molecule has 1 aliphatic heterocycles. The Kier molecular flexibility index (Phi) is 5.58. The Balaban J connectivity index is 2.10. The molecule has 1 atom stereocenters. The van der Waals surface area contributed by atoms with E-state index in [0.29, 0.717) is 17.6 Å². The summed E-state index contributed by atoms with van der Waals surface area (Å²) in [5.41, 5.74) is 0.593. The summed E-state index contributed by atoms with van der Waals surface area (Å²) in [7, 11) is 0. The standard InChI is InChI=1S/C18H27N5O/c1-3-7-15(22-12-6-9-19-11-13-22)17-21-16-14(8-5-10-20-16)18(24)23(17)4-2/h5,8,10,15,19H,3-4,6-7,9,11-13H2,1-2H3. The summed E-state index contributed by atoms with van der Waals surface area (Å²) in [6.07, 6.45) is 4.90. The Morgan fingerprint density at radius 2 is 2.17 bits per heavy atom. The molecule has 0 spiro atoms. The zero-order chi connectivity index (χ0) is 16.9. The maximum atomic E-state index is 12.9. The highest BCUT2D eigenvalue weighted by atomic mass is 16.1. The number of rotatable bonds is 5. The third kappa shape index (κ3) is 3.35. The van der Waals surface area contributed by atoms with Crippen molar-refractivity contribution >= 4 is 11.0 Å². The second kappa shape index (κ2) is 7.85. The fraction of sp³-hybridized carbons (Fsp3) is 0.611. The molecule has 1 fully saturated rings. The quantitative estimate of drug-likeness (QED) is 0.908. The third-order valence-electron chi connectivity index (χ3n) is 4.75. The highest BCUT2D eigenvalue weighted by Crippen LogP contribution is 2.25. The van der Waals surface area contributed by atoms with Gasteiger partial charge in [0.2, 0.25) is 0 Å². The summed E-state index contributed by atoms with van der Waals surface area (Å²) in [5, 5.41) is 4.06. The van der Waals surface area contributed by atoms with Crippen LogP contribution in [0.25, 0.3) is 11.0 Å². The highest BCUT2D eigenvalue weighted by Gasteiger charge is 2.25. The summed E-state index contributed by atoms with van der Waals surface area (Å²) in [6.45, 7) is 8.92. The molecule has 1 aliphatic rings. The SMILES string of the molecule is CCCC(c1nc2ncccc2c(=O)n1CC)N1CCCNCC1. The lowest BCUT2D eigenvalue weighted by atomic mass is 10.1. The van der Waals surface area contributed by atoms with Crippen LogP contribution in [0.3, 0.4) is 0 Å². The van der Waals surface area contributed by atoms with Gasteiger partial charge in [0.1, 0.15) is 5.82 Å². The van der Waals surface area contributed by atoms with Crippen molar-refractivity contribution in [1.82, 2.24) is 24.8 Å². The van der Waals surface area contributed by atoms with Crippen LogP contribution in [-0.2, 0) is 6.54 Å². The van der Waals surface area contributed by atoms with Crippen LogP contribution in [0, 0.1) is 0 Å². The first kappa shape index (κ1) is 17.0. The van der Waals surface area contributed by atoms with Gasteiger partial charge in [-0.25, -0.2) is 9.97 Å². The number of nitrogens with zero attached hydrogens (tertiary/aromatic N) is 4. The molecule has 0 bridgehead atoms. The van der Waals surface area contributed by atoms with Crippen molar-refractivity contribution in [2.24, 2.45) is 0 Å². The Bertz CT molecular complexity index is 734. The second-order valence-corrected chi connectivity index (χ2v) is 6.34. The molecule has 2 aromatic rings. The number of pyridine rings is 1. The molecule has 0 amide bonds. The van der Waals surface area contributed by atoms with Gasteiger partial charge in [0.25, 0.3) is 5.56 Å². The zero-order valence-electron chi connectivity index (χ0n) is 14.7. The molecule has 3 rings (SSSR count). The monoisotopic (exact) mass is 329 g/mol. The molecule has 0 saturated carbocycles. The lowest BCUT2D eigenvalue weighted by molar-refractivity contribution is 0.185. The van der Waals surface area contributed by atoms with Crippen molar-refractivity contribution in [1.29, 1.82) is 0 Å². The van der Waals surface area contributed by atoms with E-state index in [0.717, 1.165) is 51.3 Å². The van der Waals surface area contributed by atoms with Crippen molar-refractivity contribution in [3.8, 4) is 0 Å². The van der Waals surface area contributed by atoms with Crippen LogP contribution in [0.4, 0.5) is 0 Å². The molecule has 0 aromatic carbocycles. The molecule has 1 N–H and O–H groups in total. The minimum Gasteiger partial charge on any atom is -0.315 e. The third-order valence-corrected chi connectivity index (χ3v) is 4.75. The van der Waals surface area contributed by atoms with Crippen LogP contribution < -0.4 is 10.9 Å². The van der Waals surface area contributed by atoms with Crippen LogP contribution in [0.2, 0.25) is 0 Å². The normalized spacial score (nSPS) is 17.8.